The van der Waals surface area contributed by atoms with Crippen molar-refractivity contribution in [2.75, 3.05) is 5.32 Å². The molecule has 1 aromatic heterocycles. The number of anilines is 1. The normalized spacial score (nSPS) is 10.2. The number of alkyl halides is 1. The van der Waals surface area contributed by atoms with Gasteiger partial charge in [0.25, 0.3) is 5.91 Å². The Hall–Kier alpha value is -1.74. The highest BCUT2D eigenvalue weighted by Crippen LogP contribution is 2.18. The molecule has 0 saturated heterocycles. The SMILES string of the molecule is Cc1ccc(C(=O)Nc2ccccc2CCl)o1. The fourth-order valence-corrected chi connectivity index (χ4v) is 1.73. The molecule has 1 N–H and O–H groups in total. The van der Waals surface area contributed by atoms with Crippen LogP contribution in [0.3, 0.4) is 0 Å². The average molecular weight is 250 g/mol. The number of hydrogen-bond donors (Lipinski definition) is 1. The molecule has 0 spiro atoms. The molecule has 3 nitrogen and oxygen atoms in total. The first kappa shape index (κ1) is 11.7. The predicted molar refractivity (Wildman–Crippen MR) is 67.4 cm³/mol. The van der Waals surface area contributed by atoms with Crippen molar-refractivity contribution >= 4 is 23.2 Å². The van der Waals surface area contributed by atoms with Crippen molar-refractivity contribution in [3.63, 3.8) is 0 Å². The third-order valence-electron chi connectivity index (χ3n) is 2.37. The number of hydrogen-bond acceptors (Lipinski definition) is 2. The van der Waals surface area contributed by atoms with Gasteiger partial charge in [0.15, 0.2) is 5.76 Å². The maximum absolute atomic E-state index is 11.8. The Morgan fingerprint density at radius 1 is 1.29 bits per heavy atom. The van der Waals surface area contributed by atoms with E-state index in [1.165, 1.54) is 0 Å². The van der Waals surface area contributed by atoms with Crippen molar-refractivity contribution in [2.24, 2.45) is 0 Å². The van der Waals surface area contributed by atoms with E-state index in [-0.39, 0.29) is 5.91 Å². The fourth-order valence-electron chi connectivity index (χ4n) is 1.50. The van der Waals surface area contributed by atoms with Crippen LogP contribution in [0.4, 0.5) is 5.69 Å². The summed E-state index contributed by atoms with van der Waals surface area (Å²) in [7, 11) is 0. The van der Waals surface area contributed by atoms with E-state index in [2.05, 4.69) is 5.32 Å². The number of carbonyl (C=O) groups is 1. The summed E-state index contributed by atoms with van der Waals surface area (Å²) in [6, 6.07) is 10.8. The Kier molecular flexibility index (Phi) is 3.49. The van der Waals surface area contributed by atoms with E-state index >= 15 is 0 Å². The number of halogens is 1. The lowest BCUT2D eigenvalue weighted by Crippen LogP contribution is -2.12. The Balaban J connectivity index is 2.18. The number of amides is 1. The van der Waals surface area contributed by atoms with Crippen LogP contribution in [0.25, 0.3) is 0 Å². The molecule has 0 fully saturated rings. The second-order valence-electron chi connectivity index (χ2n) is 3.66. The van der Waals surface area contributed by atoms with Crippen LogP contribution in [0.1, 0.15) is 21.9 Å². The summed E-state index contributed by atoms with van der Waals surface area (Å²) in [6.45, 7) is 1.80. The molecular formula is C13H12ClNO2. The van der Waals surface area contributed by atoms with Gasteiger partial charge in [0.05, 0.1) is 0 Å². The molecule has 1 heterocycles. The Bertz CT molecular complexity index is 534. The molecule has 0 saturated carbocycles. The number of benzene rings is 1. The first-order chi connectivity index (χ1) is 8.20. The summed E-state index contributed by atoms with van der Waals surface area (Å²) in [5, 5.41) is 2.77. The van der Waals surface area contributed by atoms with Gasteiger partial charge in [0.2, 0.25) is 0 Å². The number of nitrogens with one attached hydrogen (secondary N) is 1. The second kappa shape index (κ2) is 5.06. The Morgan fingerprint density at radius 3 is 2.71 bits per heavy atom. The van der Waals surface area contributed by atoms with Gasteiger partial charge >= 0.3 is 0 Å². The van der Waals surface area contributed by atoms with Gasteiger partial charge in [-0.3, -0.25) is 4.79 Å². The summed E-state index contributed by atoms with van der Waals surface area (Å²) in [4.78, 5) is 11.8. The van der Waals surface area contributed by atoms with Gasteiger partial charge in [-0.05, 0) is 30.7 Å². The number of carbonyl (C=O) groups excluding carboxylic acids is 1. The molecule has 0 aliphatic carbocycles. The van der Waals surface area contributed by atoms with Crippen molar-refractivity contribution in [3.05, 3.63) is 53.5 Å². The van der Waals surface area contributed by atoms with Crippen LogP contribution in [-0.4, -0.2) is 5.91 Å². The van der Waals surface area contributed by atoms with Crippen molar-refractivity contribution in [2.45, 2.75) is 12.8 Å². The number of para-hydroxylation sites is 1. The monoisotopic (exact) mass is 249 g/mol. The van der Waals surface area contributed by atoms with E-state index in [0.717, 1.165) is 5.56 Å². The van der Waals surface area contributed by atoms with Gasteiger partial charge in [-0.25, -0.2) is 0 Å². The predicted octanol–water partition coefficient (Wildman–Crippen LogP) is 3.58. The standard InChI is InChI=1S/C13H12ClNO2/c1-9-6-7-12(17-9)13(16)15-11-5-3-2-4-10(11)8-14/h2-7H,8H2,1H3,(H,15,16). The third kappa shape index (κ3) is 2.68. The van der Waals surface area contributed by atoms with Crippen LogP contribution in [-0.2, 0) is 5.88 Å². The first-order valence-corrected chi connectivity index (χ1v) is 5.76. The van der Waals surface area contributed by atoms with E-state index in [4.69, 9.17) is 16.0 Å². The molecule has 0 aliphatic heterocycles. The molecule has 0 atom stereocenters. The van der Waals surface area contributed by atoms with Crippen LogP contribution < -0.4 is 5.32 Å². The molecule has 17 heavy (non-hydrogen) atoms. The number of rotatable bonds is 3. The quantitative estimate of drug-likeness (QED) is 0.845. The van der Waals surface area contributed by atoms with Gasteiger partial charge in [-0.2, -0.15) is 0 Å². The maximum Gasteiger partial charge on any atom is 0.291 e. The summed E-state index contributed by atoms with van der Waals surface area (Å²) in [6.07, 6.45) is 0. The van der Waals surface area contributed by atoms with Crippen molar-refractivity contribution < 1.29 is 9.21 Å². The van der Waals surface area contributed by atoms with Crippen LogP contribution in [0.15, 0.2) is 40.8 Å². The van der Waals surface area contributed by atoms with Gasteiger partial charge in [0.1, 0.15) is 5.76 Å². The van der Waals surface area contributed by atoms with E-state index < -0.39 is 0 Å². The minimum Gasteiger partial charge on any atom is -0.456 e. The van der Waals surface area contributed by atoms with Crippen molar-refractivity contribution in [1.82, 2.24) is 0 Å². The fraction of sp³-hybridized carbons (Fsp3) is 0.154. The minimum atomic E-state index is -0.268. The van der Waals surface area contributed by atoms with E-state index in [1.54, 1.807) is 19.1 Å². The van der Waals surface area contributed by atoms with Crippen LogP contribution in [0.5, 0.6) is 0 Å². The third-order valence-corrected chi connectivity index (χ3v) is 2.66. The summed E-state index contributed by atoms with van der Waals surface area (Å²) in [5.74, 6) is 1.09. The highest BCUT2D eigenvalue weighted by Gasteiger charge is 2.11. The highest BCUT2D eigenvalue weighted by molar-refractivity contribution is 6.17. The highest BCUT2D eigenvalue weighted by atomic mass is 35.5. The molecule has 0 radical (unpaired) electrons. The molecule has 1 aromatic carbocycles. The average Bonchev–Trinajstić information content (AvgIpc) is 2.77. The zero-order valence-corrected chi connectivity index (χ0v) is 10.1. The zero-order chi connectivity index (χ0) is 12.3. The van der Waals surface area contributed by atoms with Gasteiger partial charge in [-0.1, -0.05) is 18.2 Å². The summed E-state index contributed by atoms with van der Waals surface area (Å²) < 4.78 is 5.25. The summed E-state index contributed by atoms with van der Waals surface area (Å²) >= 11 is 5.79. The Labute approximate surface area is 104 Å². The largest absolute Gasteiger partial charge is 0.456 e. The summed E-state index contributed by atoms with van der Waals surface area (Å²) in [5.41, 5.74) is 1.59. The van der Waals surface area contributed by atoms with Gasteiger partial charge in [-0.15, -0.1) is 11.6 Å². The molecular weight excluding hydrogens is 238 g/mol. The van der Waals surface area contributed by atoms with Crippen LogP contribution in [0, 0.1) is 6.92 Å². The minimum absolute atomic E-state index is 0.268. The molecule has 4 heteroatoms. The molecule has 88 valence electrons. The van der Waals surface area contributed by atoms with Gasteiger partial charge in [0, 0.05) is 11.6 Å². The topological polar surface area (TPSA) is 42.2 Å². The second-order valence-corrected chi connectivity index (χ2v) is 3.92. The van der Waals surface area contributed by atoms with Crippen LogP contribution >= 0.6 is 11.6 Å². The lowest BCUT2D eigenvalue weighted by Gasteiger charge is -2.07. The van der Waals surface area contributed by atoms with Crippen molar-refractivity contribution in [3.8, 4) is 0 Å². The van der Waals surface area contributed by atoms with Gasteiger partial charge < -0.3 is 9.73 Å². The van der Waals surface area contributed by atoms with E-state index in [0.29, 0.717) is 23.1 Å². The number of aryl methyl sites for hydroxylation is 1. The van der Waals surface area contributed by atoms with Crippen LogP contribution in [0.2, 0.25) is 0 Å². The molecule has 1 amide bonds. The number of furan rings is 1. The molecule has 0 bridgehead atoms. The zero-order valence-electron chi connectivity index (χ0n) is 9.37. The lowest BCUT2D eigenvalue weighted by atomic mass is 10.2. The molecule has 2 aromatic rings. The molecule has 0 aliphatic rings. The molecule has 2 rings (SSSR count). The van der Waals surface area contributed by atoms with E-state index in [9.17, 15) is 4.79 Å². The van der Waals surface area contributed by atoms with Crippen molar-refractivity contribution in [1.29, 1.82) is 0 Å². The lowest BCUT2D eigenvalue weighted by molar-refractivity contribution is 0.0995. The molecule has 0 unspecified atom stereocenters. The smallest absolute Gasteiger partial charge is 0.291 e. The van der Waals surface area contributed by atoms with E-state index in [1.807, 2.05) is 24.3 Å². The Morgan fingerprint density at radius 2 is 2.06 bits per heavy atom. The first-order valence-electron chi connectivity index (χ1n) is 5.22. The maximum atomic E-state index is 11.8.